The minimum atomic E-state index is 0.171. The van der Waals surface area contributed by atoms with Crippen LogP contribution >= 0.6 is 34.5 Å². The molecule has 0 unspecified atom stereocenters. The second kappa shape index (κ2) is 3.60. The van der Waals surface area contributed by atoms with Gasteiger partial charge in [0.1, 0.15) is 5.52 Å². The Hall–Kier alpha value is -1.29. The third kappa shape index (κ3) is 1.38. The van der Waals surface area contributed by atoms with Crippen molar-refractivity contribution in [1.29, 1.82) is 0 Å². The molecule has 0 radical (unpaired) electrons. The van der Waals surface area contributed by atoms with Gasteiger partial charge in [-0.05, 0) is 29.8 Å². The van der Waals surface area contributed by atoms with Crippen LogP contribution in [0.5, 0.6) is 0 Å². The number of oxazole rings is 1. The van der Waals surface area contributed by atoms with Crippen LogP contribution in [0, 0.1) is 0 Å². The van der Waals surface area contributed by atoms with Crippen molar-refractivity contribution in [3.63, 3.8) is 0 Å². The van der Waals surface area contributed by atoms with Crippen molar-refractivity contribution in [2.45, 2.75) is 0 Å². The van der Waals surface area contributed by atoms with E-state index in [1.54, 1.807) is 11.3 Å². The lowest BCUT2D eigenvalue weighted by Gasteiger charge is -1.92. The fourth-order valence-electron chi connectivity index (χ4n) is 2.16. The van der Waals surface area contributed by atoms with Gasteiger partial charge in [-0.25, -0.2) is 0 Å². The highest BCUT2D eigenvalue weighted by Gasteiger charge is 2.11. The molecule has 2 nitrogen and oxygen atoms in total. The van der Waals surface area contributed by atoms with E-state index < -0.39 is 0 Å². The molecule has 18 heavy (non-hydrogen) atoms. The smallest absolute Gasteiger partial charge is 0.293 e. The number of benzene rings is 2. The highest BCUT2D eigenvalue weighted by molar-refractivity contribution is 7.26. The summed E-state index contributed by atoms with van der Waals surface area (Å²) < 4.78 is 7.58. The number of aromatic nitrogens is 1. The summed E-state index contributed by atoms with van der Waals surface area (Å²) >= 11 is 13.6. The molecule has 4 aromatic rings. The Bertz CT molecular complexity index is 909. The lowest BCUT2D eigenvalue weighted by molar-refractivity contribution is 0.605. The molecular weight excluding hydrogens is 289 g/mol. The zero-order valence-electron chi connectivity index (χ0n) is 8.91. The van der Waals surface area contributed by atoms with Crippen LogP contribution in [0.15, 0.2) is 34.7 Å². The Morgan fingerprint density at radius 3 is 2.89 bits per heavy atom. The SMILES string of the molecule is Clc1nc2cc3sc4c(Cl)cccc4c3cc2o1. The van der Waals surface area contributed by atoms with Gasteiger partial charge >= 0.3 is 0 Å². The van der Waals surface area contributed by atoms with E-state index >= 15 is 0 Å². The molecule has 0 atom stereocenters. The highest BCUT2D eigenvalue weighted by atomic mass is 35.5. The van der Waals surface area contributed by atoms with Crippen molar-refractivity contribution >= 4 is 65.8 Å². The number of nitrogens with zero attached hydrogens (tertiary/aromatic N) is 1. The first-order valence-electron chi connectivity index (χ1n) is 5.29. The second-order valence-electron chi connectivity index (χ2n) is 4.00. The average molecular weight is 294 g/mol. The number of hydrogen-bond donors (Lipinski definition) is 0. The number of hydrogen-bond acceptors (Lipinski definition) is 3. The van der Waals surface area contributed by atoms with Crippen LogP contribution < -0.4 is 0 Å². The molecule has 0 aliphatic heterocycles. The van der Waals surface area contributed by atoms with Crippen LogP contribution in [-0.2, 0) is 0 Å². The largest absolute Gasteiger partial charge is 0.428 e. The van der Waals surface area contributed by atoms with E-state index in [9.17, 15) is 0 Å². The zero-order chi connectivity index (χ0) is 12.3. The van der Waals surface area contributed by atoms with Gasteiger partial charge < -0.3 is 4.42 Å². The molecule has 2 aromatic heterocycles. The van der Waals surface area contributed by atoms with E-state index in [1.807, 2.05) is 24.3 Å². The molecule has 0 saturated heterocycles. The van der Waals surface area contributed by atoms with E-state index in [1.165, 1.54) is 0 Å². The maximum absolute atomic E-state index is 6.21. The second-order valence-corrected chi connectivity index (χ2v) is 5.78. The van der Waals surface area contributed by atoms with Crippen molar-refractivity contribution in [2.24, 2.45) is 0 Å². The molecule has 0 saturated carbocycles. The standard InChI is InChI=1S/C13H5Cl2NOS/c14-8-3-1-2-6-7-4-10-9(16-13(15)17-10)5-11(7)18-12(6)8/h1-5H. The van der Waals surface area contributed by atoms with Crippen LogP contribution in [0.1, 0.15) is 0 Å². The molecule has 0 aliphatic rings. The maximum atomic E-state index is 6.21. The molecule has 0 aliphatic carbocycles. The monoisotopic (exact) mass is 293 g/mol. The highest BCUT2D eigenvalue weighted by Crippen LogP contribution is 2.39. The Kier molecular flexibility index (Phi) is 2.13. The topological polar surface area (TPSA) is 26.0 Å². The van der Waals surface area contributed by atoms with E-state index in [2.05, 4.69) is 11.1 Å². The summed E-state index contributed by atoms with van der Waals surface area (Å²) in [5, 5.41) is 3.20. The molecule has 2 aromatic carbocycles. The van der Waals surface area contributed by atoms with Gasteiger partial charge in [-0.1, -0.05) is 23.7 Å². The first-order chi connectivity index (χ1) is 8.72. The summed E-state index contributed by atoms with van der Waals surface area (Å²) in [6.45, 7) is 0. The van der Waals surface area contributed by atoms with Gasteiger partial charge in [0.05, 0.1) is 9.72 Å². The Balaban J connectivity index is 2.25. The third-order valence-electron chi connectivity index (χ3n) is 2.93. The van der Waals surface area contributed by atoms with Crippen LogP contribution in [0.4, 0.5) is 0 Å². The summed E-state index contributed by atoms with van der Waals surface area (Å²) in [5.74, 6) is 0. The van der Waals surface area contributed by atoms with Crippen molar-refractivity contribution in [3.05, 3.63) is 40.7 Å². The van der Waals surface area contributed by atoms with Crippen molar-refractivity contribution in [2.75, 3.05) is 0 Å². The summed E-state index contributed by atoms with van der Waals surface area (Å²) in [6.07, 6.45) is 0. The minimum Gasteiger partial charge on any atom is -0.428 e. The molecule has 0 bridgehead atoms. The molecule has 0 amide bonds. The number of fused-ring (bicyclic) bond motifs is 4. The average Bonchev–Trinajstić information content (AvgIpc) is 2.86. The Morgan fingerprint density at radius 2 is 2.00 bits per heavy atom. The fraction of sp³-hybridized carbons (Fsp3) is 0. The first kappa shape index (κ1) is 10.6. The molecular formula is C13H5Cl2NOS. The van der Waals surface area contributed by atoms with Crippen LogP contribution in [0.3, 0.4) is 0 Å². The van der Waals surface area contributed by atoms with Crippen molar-refractivity contribution < 1.29 is 4.42 Å². The van der Waals surface area contributed by atoms with Gasteiger partial charge in [0.2, 0.25) is 0 Å². The third-order valence-corrected chi connectivity index (χ3v) is 4.72. The lowest BCUT2D eigenvalue weighted by Crippen LogP contribution is -1.69. The van der Waals surface area contributed by atoms with Crippen LogP contribution in [0.25, 0.3) is 31.3 Å². The fourth-order valence-corrected chi connectivity index (χ4v) is 3.74. The molecule has 88 valence electrons. The summed E-state index contributed by atoms with van der Waals surface area (Å²) in [6, 6.07) is 9.87. The van der Waals surface area contributed by atoms with E-state index in [0.717, 1.165) is 30.7 Å². The maximum Gasteiger partial charge on any atom is 0.293 e. The summed E-state index contributed by atoms with van der Waals surface area (Å²) in [4.78, 5) is 4.13. The van der Waals surface area contributed by atoms with Gasteiger partial charge in [-0.15, -0.1) is 11.3 Å². The van der Waals surface area contributed by atoms with Crippen LogP contribution in [-0.4, -0.2) is 4.98 Å². The molecule has 2 heterocycles. The Labute approximate surface area is 116 Å². The van der Waals surface area contributed by atoms with Gasteiger partial charge in [-0.2, -0.15) is 4.98 Å². The normalized spacial score (nSPS) is 11.9. The van der Waals surface area contributed by atoms with Gasteiger partial charge in [-0.3, -0.25) is 0 Å². The van der Waals surface area contributed by atoms with E-state index in [0.29, 0.717) is 5.58 Å². The molecule has 4 rings (SSSR count). The minimum absolute atomic E-state index is 0.171. The molecule has 0 N–H and O–H groups in total. The van der Waals surface area contributed by atoms with Gasteiger partial charge in [0.25, 0.3) is 5.35 Å². The number of rotatable bonds is 0. The molecule has 0 spiro atoms. The predicted octanol–water partition coefficient (Wildman–Crippen LogP) is 5.50. The van der Waals surface area contributed by atoms with E-state index in [4.69, 9.17) is 27.6 Å². The van der Waals surface area contributed by atoms with Crippen molar-refractivity contribution in [1.82, 2.24) is 4.98 Å². The quantitative estimate of drug-likeness (QED) is 0.428. The van der Waals surface area contributed by atoms with Crippen molar-refractivity contribution in [3.8, 4) is 0 Å². The molecule has 5 heteroatoms. The Morgan fingerprint density at radius 1 is 1.11 bits per heavy atom. The van der Waals surface area contributed by atoms with Gasteiger partial charge in [0, 0.05) is 15.5 Å². The number of halogens is 2. The van der Waals surface area contributed by atoms with Gasteiger partial charge in [0.15, 0.2) is 5.58 Å². The first-order valence-corrected chi connectivity index (χ1v) is 6.86. The summed E-state index contributed by atoms with van der Waals surface area (Å²) in [5.41, 5.74) is 1.47. The zero-order valence-corrected chi connectivity index (χ0v) is 11.2. The molecule has 0 fully saturated rings. The summed E-state index contributed by atoms with van der Waals surface area (Å²) in [7, 11) is 0. The number of thiophene rings is 1. The lowest BCUT2D eigenvalue weighted by atomic mass is 10.1. The van der Waals surface area contributed by atoms with E-state index in [-0.39, 0.29) is 5.35 Å². The predicted molar refractivity (Wildman–Crippen MR) is 76.9 cm³/mol. The van der Waals surface area contributed by atoms with Crippen LogP contribution in [0.2, 0.25) is 10.4 Å².